The van der Waals surface area contributed by atoms with Crippen LogP contribution in [0.4, 0.5) is 0 Å². The van der Waals surface area contributed by atoms with E-state index >= 15 is 0 Å². The van der Waals surface area contributed by atoms with Crippen LogP contribution in [0.2, 0.25) is 0 Å². The molecule has 0 amide bonds. The minimum absolute atomic E-state index is 0.150. The van der Waals surface area contributed by atoms with Crippen molar-refractivity contribution in [3.8, 4) is 40.1 Å². The van der Waals surface area contributed by atoms with E-state index in [0.717, 1.165) is 12.1 Å². The molecule has 2 saturated heterocycles. The summed E-state index contributed by atoms with van der Waals surface area (Å²) in [4.78, 5) is 13.2. The molecule has 9 N–H and O–H groups in total. The summed E-state index contributed by atoms with van der Waals surface area (Å²) in [6.45, 7) is -1.11. The number of hydrogen-bond donors (Lipinski definition) is 9. The Morgan fingerprint density at radius 1 is 0.791 bits per heavy atom. The third-order valence-electron chi connectivity index (χ3n) is 7.19. The maximum atomic E-state index is 13.2. The lowest BCUT2D eigenvalue weighted by Gasteiger charge is -2.40. The van der Waals surface area contributed by atoms with Crippen molar-refractivity contribution in [3.05, 3.63) is 40.6 Å². The van der Waals surface area contributed by atoms with E-state index in [1.165, 1.54) is 25.3 Å². The molecule has 5 rings (SSSR count). The fourth-order valence-corrected chi connectivity index (χ4v) is 4.84. The Balaban J connectivity index is 1.41. The van der Waals surface area contributed by atoms with Crippen LogP contribution in [-0.2, 0) is 14.2 Å². The van der Waals surface area contributed by atoms with Gasteiger partial charge in [0.1, 0.15) is 65.2 Å². The number of methoxy groups -OCH3 is 1. The summed E-state index contributed by atoms with van der Waals surface area (Å²) >= 11 is 0. The van der Waals surface area contributed by atoms with Crippen molar-refractivity contribution in [1.29, 1.82) is 0 Å². The van der Waals surface area contributed by atoms with Crippen LogP contribution in [0.5, 0.6) is 28.7 Å². The Labute approximate surface area is 241 Å². The topological polar surface area (TPSA) is 258 Å². The number of ether oxygens (including phenoxy) is 5. The van der Waals surface area contributed by atoms with Gasteiger partial charge in [-0.3, -0.25) is 4.79 Å². The summed E-state index contributed by atoms with van der Waals surface area (Å²) in [5.74, 6) is -2.17. The highest BCUT2D eigenvalue weighted by atomic mass is 16.7. The van der Waals surface area contributed by atoms with Crippen LogP contribution < -0.4 is 14.9 Å². The van der Waals surface area contributed by atoms with E-state index in [4.69, 9.17) is 28.1 Å². The van der Waals surface area contributed by atoms with Gasteiger partial charge in [-0.15, -0.1) is 0 Å². The predicted molar refractivity (Wildman–Crippen MR) is 140 cm³/mol. The van der Waals surface area contributed by atoms with Crippen LogP contribution in [0, 0.1) is 0 Å². The first kappa shape index (κ1) is 30.7. The molecule has 0 bridgehead atoms. The molecule has 3 heterocycles. The van der Waals surface area contributed by atoms with Gasteiger partial charge in [0.2, 0.25) is 17.5 Å². The number of aliphatic hydroxyl groups excluding tert-OH is 6. The molecule has 16 heteroatoms. The van der Waals surface area contributed by atoms with Crippen LogP contribution >= 0.6 is 0 Å². The normalized spacial score (nSPS) is 30.9. The minimum Gasteiger partial charge on any atom is -0.507 e. The second-order valence-corrected chi connectivity index (χ2v) is 9.99. The Kier molecular flexibility index (Phi) is 8.66. The smallest absolute Gasteiger partial charge is 0.239 e. The molecular formula is C27H30O16. The molecule has 43 heavy (non-hydrogen) atoms. The van der Waals surface area contributed by atoms with E-state index in [2.05, 4.69) is 0 Å². The Morgan fingerprint density at radius 3 is 2.12 bits per heavy atom. The van der Waals surface area contributed by atoms with Crippen LogP contribution in [0.25, 0.3) is 22.3 Å². The van der Waals surface area contributed by atoms with Crippen molar-refractivity contribution < 1.29 is 74.1 Å². The van der Waals surface area contributed by atoms with Gasteiger partial charge in [0.15, 0.2) is 23.5 Å². The third kappa shape index (κ3) is 5.67. The molecule has 2 aliphatic rings. The van der Waals surface area contributed by atoms with Crippen molar-refractivity contribution in [2.24, 2.45) is 0 Å². The second-order valence-electron chi connectivity index (χ2n) is 9.99. The highest BCUT2D eigenvalue weighted by Gasteiger charge is 2.47. The van der Waals surface area contributed by atoms with E-state index in [-0.39, 0.29) is 33.8 Å². The van der Waals surface area contributed by atoms with Gasteiger partial charge in [-0.05, 0) is 18.2 Å². The summed E-state index contributed by atoms with van der Waals surface area (Å²) < 4.78 is 32.8. The zero-order chi connectivity index (χ0) is 31.2. The van der Waals surface area contributed by atoms with Crippen molar-refractivity contribution in [2.45, 2.75) is 55.3 Å². The highest BCUT2D eigenvalue weighted by Crippen LogP contribution is 2.39. The molecule has 9 atom stereocenters. The lowest BCUT2D eigenvalue weighted by molar-refractivity contribution is -0.290. The molecule has 0 unspecified atom stereocenters. The molecular weight excluding hydrogens is 580 g/mol. The molecule has 0 saturated carbocycles. The molecule has 2 fully saturated rings. The summed E-state index contributed by atoms with van der Waals surface area (Å²) in [5.41, 5.74) is -0.833. The summed E-state index contributed by atoms with van der Waals surface area (Å²) in [7, 11) is 1.20. The molecule has 0 radical (unpaired) electrons. The maximum absolute atomic E-state index is 13.2. The molecule has 0 spiro atoms. The second kappa shape index (κ2) is 12.1. The van der Waals surface area contributed by atoms with Gasteiger partial charge in [-0.1, -0.05) is 0 Å². The van der Waals surface area contributed by atoms with Gasteiger partial charge in [-0.2, -0.15) is 0 Å². The average Bonchev–Trinajstić information content (AvgIpc) is 3.25. The first-order valence-electron chi connectivity index (χ1n) is 13.0. The number of aliphatic hydroxyl groups is 6. The fraction of sp³-hybridized carbons (Fsp3) is 0.444. The largest absolute Gasteiger partial charge is 0.507 e. The first-order valence-corrected chi connectivity index (χ1v) is 13.0. The van der Waals surface area contributed by atoms with Gasteiger partial charge >= 0.3 is 0 Å². The Hall–Kier alpha value is -3.71. The zero-order valence-corrected chi connectivity index (χ0v) is 22.4. The van der Waals surface area contributed by atoms with Crippen LogP contribution in [0.3, 0.4) is 0 Å². The van der Waals surface area contributed by atoms with Crippen molar-refractivity contribution in [3.63, 3.8) is 0 Å². The van der Waals surface area contributed by atoms with Gasteiger partial charge in [0.05, 0.1) is 20.3 Å². The number of phenolic OH excluding ortho intramolecular Hbond substituents is 3. The standard InChI is InChI=1S/C27H30O16/c1-38-25-20(34)17-13(31)5-10(6-14(17)41-24(25)9-2-3-11(29)12(30)4-9)40-27-23(37)21(35)19(33)16(43-27)8-39-26-22(36)18(32)15(7-28)42-26/h2-6,15-16,18-19,21-23,26-33,35-37H,7-8H2,1H3/t15-,16+,18+,19-,21+,22-,23-,26+,27-/m1/s1. The van der Waals surface area contributed by atoms with Gasteiger partial charge in [0, 0.05) is 17.7 Å². The molecule has 1 aromatic heterocycles. The lowest BCUT2D eigenvalue weighted by Crippen LogP contribution is -2.60. The molecule has 16 nitrogen and oxygen atoms in total. The van der Waals surface area contributed by atoms with E-state index in [0.29, 0.717) is 0 Å². The van der Waals surface area contributed by atoms with Crippen LogP contribution in [0.1, 0.15) is 0 Å². The van der Waals surface area contributed by atoms with E-state index in [9.17, 15) is 50.8 Å². The number of phenols is 3. The van der Waals surface area contributed by atoms with Gasteiger partial charge in [-0.25, -0.2) is 0 Å². The number of fused-ring (bicyclic) bond motifs is 1. The van der Waals surface area contributed by atoms with Gasteiger partial charge in [0.25, 0.3) is 0 Å². The van der Waals surface area contributed by atoms with E-state index < -0.39 is 91.2 Å². The zero-order valence-electron chi connectivity index (χ0n) is 22.4. The maximum Gasteiger partial charge on any atom is 0.239 e. The first-order chi connectivity index (χ1) is 20.4. The van der Waals surface area contributed by atoms with Crippen molar-refractivity contribution in [1.82, 2.24) is 0 Å². The summed E-state index contributed by atoms with van der Waals surface area (Å²) in [5, 5.41) is 90.5. The van der Waals surface area contributed by atoms with Gasteiger partial charge < -0.3 is 74.1 Å². The van der Waals surface area contributed by atoms with E-state index in [1.54, 1.807) is 0 Å². The number of aromatic hydroxyl groups is 3. The number of hydrogen-bond acceptors (Lipinski definition) is 16. The molecule has 2 aromatic carbocycles. The molecule has 2 aliphatic heterocycles. The summed E-state index contributed by atoms with van der Waals surface area (Å²) in [6, 6.07) is 5.84. The van der Waals surface area contributed by atoms with Crippen molar-refractivity contribution in [2.75, 3.05) is 20.3 Å². The summed E-state index contributed by atoms with van der Waals surface area (Å²) in [6.07, 6.45) is -13.8. The quantitative estimate of drug-likeness (QED) is 0.128. The van der Waals surface area contributed by atoms with Crippen LogP contribution in [-0.4, -0.2) is 122 Å². The number of rotatable bonds is 8. The molecule has 0 aliphatic carbocycles. The SMILES string of the molecule is COc1c(-c2ccc(O)c(O)c2)oc2cc(O[C@@H]3O[C@@H](CO[C@H]4O[C@H](CO)[C@H](O)[C@H]4O)[C@@H](O)[C@H](O)[C@H]3O)cc(O)c2c1=O. The minimum atomic E-state index is -1.81. The van der Waals surface area contributed by atoms with Crippen LogP contribution in [0.15, 0.2) is 39.5 Å². The molecule has 3 aromatic rings. The Bertz CT molecular complexity index is 1520. The number of benzene rings is 2. The highest BCUT2D eigenvalue weighted by molar-refractivity contribution is 5.88. The fourth-order valence-electron chi connectivity index (χ4n) is 4.84. The third-order valence-corrected chi connectivity index (χ3v) is 7.19. The Morgan fingerprint density at radius 2 is 1.47 bits per heavy atom. The van der Waals surface area contributed by atoms with Crippen molar-refractivity contribution >= 4 is 11.0 Å². The lowest BCUT2D eigenvalue weighted by atomic mass is 9.99. The predicted octanol–water partition coefficient (Wildman–Crippen LogP) is -1.77. The average molecular weight is 611 g/mol. The monoisotopic (exact) mass is 610 g/mol. The molecule has 234 valence electrons. The van der Waals surface area contributed by atoms with E-state index in [1.807, 2.05) is 0 Å².